The molecular formula is C32H33ClN4O4S. The van der Waals surface area contributed by atoms with Gasteiger partial charge in [0.15, 0.2) is 0 Å². The van der Waals surface area contributed by atoms with Crippen molar-refractivity contribution >= 4 is 44.6 Å². The zero-order chi connectivity index (χ0) is 29.7. The van der Waals surface area contributed by atoms with Gasteiger partial charge in [-0.25, -0.2) is 13.1 Å². The Labute approximate surface area is 251 Å². The molecule has 1 aliphatic rings. The molecule has 42 heavy (non-hydrogen) atoms. The summed E-state index contributed by atoms with van der Waals surface area (Å²) in [4.78, 5) is 17.3. The van der Waals surface area contributed by atoms with Gasteiger partial charge in [-0.1, -0.05) is 60.1 Å². The van der Waals surface area contributed by atoms with E-state index in [0.717, 1.165) is 17.0 Å². The van der Waals surface area contributed by atoms with Gasteiger partial charge in [0.2, 0.25) is 10.0 Å². The minimum Gasteiger partial charge on any atom is -0.495 e. The van der Waals surface area contributed by atoms with Crippen LogP contribution in [0.25, 0.3) is 0 Å². The van der Waals surface area contributed by atoms with Crippen LogP contribution in [0.5, 0.6) is 5.75 Å². The van der Waals surface area contributed by atoms with Crippen LogP contribution >= 0.6 is 11.6 Å². The highest BCUT2D eigenvalue weighted by atomic mass is 35.5. The van der Waals surface area contributed by atoms with Gasteiger partial charge in [0, 0.05) is 48.5 Å². The first-order chi connectivity index (χ1) is 20.2. The van der Waals surface area contributed by atoms with Crippen LogP contribution in [0.3, 0.4) is 0 Å². The number of benzene rings is 4. The van der Waals surface area contributed by atoms with Crippen molar-refractivity contribution in [2.75, 3.05) is 48.4 Å². The van der Waals surface area contributed by atoms with Crippen molar-refractivity contribution in [1.29, 1.82) is 0 Å². The zero-order valence-corrected chi connectivity index (χ0v) is 25.0. The van der Waals surface area contributed by atoms with E-state index in [1.807, 2.05) is 61.5 Å². The SMILES string of the molecule is COc1ccccc1N1CCN(c2ccc(NC(=O)c3cccc(Cl)c3)cc2S(=O)(=O)N[C@H](C)c2ccccc2)CC1. The molecule has 1 saturated heterocycles. The third kappa shape index (κ3) is 6.70. The molecular weight excluding hydrogens is 572 g/mol. The topological polar surface area (TPSA) is 91.0 Å². The van der Waals surface area contributed by atoms with Gasteiger partial charge < -0.3 is 19.9 Å². The van der Waals surface area contributed by atoms with Crippen LogP contribution in [0, 0.1) is 0 Å². The lowest BCUT2D eigenvalue weighted by atomic mass is 10.1. The van der Waals surface area contributed by atoms with Crippen molar-refractivity contribution in [2.45, 2.75) is 17.9 Å². The Hall–Kier alpha value is -4.05. The van der Waals surface area contributed by atoms with Crippen LogP contribution in [0.4, 0.5) is 17.1 Å². The van der Waals surface area contributed by atoms with Crippen LogP contribution < -0.4 is 24.6 Å². The molecule has 0 aliphatic carbocycles. The number of carbonyl (C=O) groups excluding carboxylic acids is 1. The first-order valence-corrected chi connectivity index (χ1v) is 15.5. The van der Waals surface area contributed by atoms with E-state index in [-0.39, 0.29) is 10.8 Å². The first-order valence-electron chi connectivity index (χ1n) is 13.7. The summed E-state index contributed by atoms with van der Waals surface area (Å²) in [6.07, 6.45) is 0. The van der Waals surface area contributed by atoms with Crippen molar-refractivity contribution in [1.82, 2.24) is 4.72 Å². The van der Waals surface area contributed by atoms with Crippen LogP contribution in [0.2, 0.25) is 5.02 Å². The molecule has 0 unspecified atom stereocenters. The molecule has 218 valence electrons. The quantitative estimate of drug-likeness (QED) is 0.245. The molecule has 0 radical (unpaired) electrons. The summed E-state index contributed by atoms with van der Waals surface area (Å²) in [5.41, 5.74) is 3.16. The standard InChI is InChI=1S/C32H33ClN4O4S/c1-23(24-9-4-3-5-10-24)35-42(39,40)31-22-27(34-32(38)25-11-8-12-26(33)21-25)15-16-29(31)37-19-17-36(18-20-37)28-13-6-7-14-30(28)41-2/h3-16,21-23,35H,17-20H2,1-2H3,(H,34,38)/t23-/m1/s1. The van der Waals surface area contributed by atoms with Crippen molar-refractivity contribution in [3.8, 4) is 5.75 Å². The minimum absolute atomic E-state index is 0.0971. The second-order valence-electron chi connectivity index (χ2n) is 10.0. The number of nitrogens with one attached hydrogen (secondary N) is 2. The number of amides is 1. The second-order valence-corrected chi connectivity index (χ2v) is 12.2. The molecule has 0 aromatic heterocycles. The van der Waals surface area contributed by atoms with Gasteiger partial charge in [-0.05, 0) is 61.0 Å². The molecule has 10 heteroatoms. The minimum atomic E-state index is -3.99. The third-order valence-electron chi connectivity index (χ3n) is 7.27. The average Bonchev–Trinajstić information content (AvgIpc) is 3.01. The fourth-order valence-electron chi connectivity index (χ4n) is 5.09. The van der Waals surface area contributed by atoms with Gasteiger partial charge in [0.25, 0.3) is 5.91 Å². The van der Waals surface area contributed by atoms with Gasteiger partial charge >= 0.3 is 0 Å². The van der Waals surface area contributed by atoms with E-state index >= 15 is 0 Å². The Kier molecular flexibility index (Phi) is 9.01. The summed E-state index contributed by atoms with van der Waals surface area (Å²) in [6, 6.07) is 28.4. The highest BCUT2D eigenvalue weighted by molar-refractivity contribution is 7.89. The fourth-order valence-corrected chi connectivity index (χ4v) is 6.76. The predicted octanol–water partition coefficient (Wildman–Crippen LogP) is 5.97. The Morgan fingerprint density at radius 1 is 0.833 bits per heavy atom. The van der Waals surface area contributed by atoms with E-state index < -0.39 is 16.1 Å². The summed E-state index contributed by atoms with van der Waals surface area (Å²) in [5, 5.41) is 3.26. The fraction of sp³-hybridized carbons (Fsp3) is 0.219. The molecule has 1 fully saturated rings. The number of hydrogen-bond acceptors (Lipinski definition) is 6. The first kappa shape index (κ1) is 29.4. The third-order valence-corrected chi connectivity index (χ3v) is 9.08. The smallest absolute Gasteiger partial charge is 0.255 e. The maximum atomic E-state index is 13.9. The summed E-state index contributed by atoms with van der Waals surface area (Å²) in [5.74, 6) is 0.415. The van der Waals surface area contributed by atoms with Gasteiger partial charge in [-0.3, -0.25) is 4.79 Å². The van der Waals surface area contributed by atoms with Gasteiger partial charge in [-0.2, -0.15) is 0 Å². The number of rotatable bonds is 9. The average molecular weight is 605 g/mol. The highest BCUT2D eigenvalue weighted by Crippen LogP contribution is 2.33. The maximum Gasteiger partial charge on any atom is 0.255 e. The molecule has 1 amide bonds. The molecule has 0 bridgehead atoms. The van der Waals surface area contributed by atoms with E-state index in [2.05, 4.69) is 19.8 Å². The van der Waals surface area contributed by atoms with Crippen LogP contribution in [-0.4, -0.2) is 47.6 Å². The Balaban J connectivity index is 1.43. The van der Waals surface area contributed by atoms with E-state index in [1.54, 1.807) is 43.5 Å². The van der Waals surface area contributed by atoms with Crippen molar-refractivity contribution in [3.63, 3.8) is 0 Å². The number of methoxy groups -OCH3 is 1. The summed E-state index contributed by atoms with van der Waals surface area (Å²) in [6.45, 7) is 4.37. The number of para-hydroxylation sites is 2. The monoisotopic (exact) mass is 604 g/mol. The van der Waals surface area contributed by atoms with Crippen molar-refractivity contribution < 1.29 is 17.9 Å². The molecule has 1 atom stereocenters. The van der Waals surface area contributed by atoms with Gasteiger partial charge in [0.05, 0.1) is 18.5 Å². The molecule has 4 aromatic rings. The van der Waals surface area contributed by atoms with Gasteiger partial charge in [-0.15, -0.1) is 0 Å². The van der Waals surface area contributed by atoms with Crippen LogP contribution in [0.1, 0.15) is 28.9 Å². The molecule has 0 spiro atoms. The number of anilines is 3. The van der Waals surface area contributed by atoms with Crippen molar-refractivity contribution in [3.05, 3.63) is 113 Å². The Morgan fingerprint density at radius 3 is 2.19 bits per heavy atom. The summed E-state index contributed by atoms with van der Waals surface area (Å²) in [7, 11) is -2.34. The molecule has 0 saturated carbocycles. The Bertz CT molecular complexity index is 1660. The number of nitrogens with zero attached hydrogens (tertiary/aromatic N) is 2. The number of ether oxygens (including phenoxy) is 1. The van der Waals surface area contributed by atoms with Crippen LogP contribution in [-0.2, 0) is 10.0 Å². The molecule has 2 N–H and O–H groups in total. The number of sulfonamides is 1. The Morgan fingerprint density at radius 2 is 1.50 bits per heavy atom. The van der Waals surface area contributed by atoms with Crippen LogP contribution in [0.15, 0.2) is 102 Å². The molecule has 4 aromatic carbocycles. The largest absolute Gasteiger partial charge is 0.495 e. The van der Waals surface area contributed by atoms with E-state index in [1.165, 1.54) is 6.07 Å². The zero-order valence-electron chi connectivity index (χ0n) is 23.5. The lowest BCUT2D eigenvalue weighted by molar-refractivity contribution is 0.102. The summed E-state index contributed by atoms with van der Waals surface area (Å²) >= 11 is 6.07. The highest BCUT2D eigenvalue weighted by Gasteiger charge is 2.28. The molecule has 5 rings (SSSR count). The lowest BCUT2D eigenvalue weighted by Gasteiger charge is -2.38. The van der Waals surface area contributed by atoms with Crippen molar-refractivity contribution in [2.24, 2.45) is 0 Å². The van der Waals surface area contributed by atoms with E-state index in [0.29, 0.717) is 48.1 Å². The maximum absolute atomic E-state index is 13.9. The molecule has 8 nitrogen and oxygen atoms in total. The van der Waals surface area contributed by atoms with E-state index in [4.69, 9.17) is 16.3 Å². The number of hydrogen-bond donors (Lipinski definition) is 2. The lowest BCUT2D eigenvalue weighted by Crippen LogP contribution is -2.47. The number of halogens is 1. The number of carbonyl (C=O) groups is 1. The van der Waals surface area contributed by atoms with Gasteiger partial charge in [0.1, 0.15) is 10.6 Å². The molecule has 1 heterocycles. The number of piperazine rings is 1. The van der Waals surface area contributed by atoms with E-state index in [9.17, 15) is 13.2 Å². The predicted molar refractivity (Wildman–Crippen MR) is 168 cm³/mol. The summed E-state index contributed by atoms with van der Waals surface area (Å²) < 4.78 is 36.2. The second kappa shape index (κ2) is 12.9. The molecule has 1 aliphatic heterocycles. The normalized spacial score (nSPS) is 14.4.